The summed E-state index contributed by atoms with van der Waals surface area (Å²) in [5.74, 6) is 1.70. The van der Waals surface area contributed by atoms with Gasteiger partial charge in [-0.3, -0.25) is 4.79 Å². The summed E-state index contributed by atoms with van der Waals surface area (Å²) in [4.78, 5) is 20.2. The highest BCUT2D eigenvalue weighted by Gasteiger charge is 2.06. The summed E-state index contributed by atoms with van der Waals surface area (Å²) >= 11 is 0. The van der Waals surface area contributed by atoms with E-state index < -0.39 is 0 Å². The monoisotopic (exact) mass is 336 g/mol. The molecule has 3 aromatic rings. The first kappa shape index (κ1) is 16.6. The second-order valence-corrected chi connectivity index (χ2v) is 6.06. The molecule has 3 rings (SSSR count). The molecule has 2 N–H and O–H groups in total. The molecule has 0 radical (unpaired) electrons. The van der Waals surface area contributed by atoms with Crippen LogP contribution in [0.3, 0.4) is 0 Å². The molecule has 0 spiro atoms. The third-order valence-electron chi connectivity index (χ3n) is 3.43. The predicted octanol–water partition coefficient (Wildman–Crippen LogP) is 3.39. The molecule has 7 nitrogen and oxygen atoms in total. The fourth-order valence-electron chi connectivity index (χ4n) is 2.31. The molecule has 1 aromatic carbocycles. The zero-order valence-corrected chi connectivity index (χ0v) is 14.2. The Morgan fingerprint density at radius 3 is 2.60 bits per heavy atom. The number of hydrogen-bond donors (Lipinski definition) is 2. The maximum absolute atomic E-state index is 11.8. The van der Waals surface area contributed by atoms with Crippen molar-refractivity contribution in [3.63, 3.8) is 0 Å². The van der Waals surface area contributed by atoms with Crippen LogP contribution in [0.25, 0.3) is 5.82 Å². The Hall–Kier alpha value is -3.22. The van der Waals surface area contributed by atoms with Crippen LogP contribution in [-0.2, 0) is 4.79 Å². The number of carbonyl (C=O) groups is 1. The third kappa shape index (κ3) is 4.63. The summed E-state index contributed by atoms with van der Waals surface area (Å²) in [6.07, 6.45) is 5.51. The van der Waals surface area contributed by atoms with Gasteiger partial charge in [-0.15, -0.1) is 0 Å². The van der Waals surface area contributed by atoms with Gasteiger partial charge in [-0.2, -0.15) is 5.10 Å². The van der Waals surface area contributed by atoms with E-state index in [1.807, 2.05) is 56.4 Å². The van der Waals surface area contributed by atoms with Crippen molar-refractivity contribution < 1.29 is 4.79 Å². The second-order valence-electron chi connectivity index (χ2n) is 6.06. The fraction of sp³-hybridized carbons (Fsp3) is 0.222. The molecule has 2 heterocycles. The highest BCUT2D eigenvalue weighted by atomic mass is 16.1. The standard InChI is InChI=1S/C18H20N6O/c1-13(2)10-18(25)23-15-6-4-14(5-7-15)22-16-11-17(20-12-19-16)24-9-3-8-21-24/h3-9,11-13H,10H2,1-2H3,(H,23,25)(H,19,20,22). The average molecular weight is 336 g/mol. The molecule has 1 amide bonds. The maximum atomic E-state index is 11.8. The number of amides is 1. The summed E-state index contributed by atoms with van der Waals surface area (Å²) in [7, 11) is 0. The van der Waals surface area contributed by atoms with Gasteiger partial charge in [-0.1, -0.05) is 13.8 Å². The SMILES string of the molecule is CC(C)CC(=O)Nc1ccc(Nc2cc(-n3cccn3)ncn2)cc1. The van der Waals surface area contributed by atoms with Crippen LogP contribution >= 0.6 is 0 Å². The van der Waals surface area contributed by atoms with E-state index in [2.05, 4.69) is 25.7 Å². The van der Waals surface area contributed by atoms with Crippen molar-refractivity contribution in [3.8, 4) is 5.82 Å². The van der Waals surface area contributed by atoms with Gasteiger partial charge in [0.15, 0.2) is 5.82 Å². The lowest BCUT2D eigenvalue weighted by atomic mass is 10.1. The first-order valence-electron chi connectivity index (χ1n) is 8.09. The van der Waals surface area contributed by atoms with Gasteiger partial charge in [-0.25, -0.2) is 14.6 Å². The van der Waals surface area contributed by atoms with Crippen LogP contribution in [0, 0.1) is 5.92 Å². The van der Waals surface area contributed by atoms with Crippen LogP contribution in [0.1, 0.15) is 20.3 Å². The fourth-order valence-corrected chi connectivity index (χ4v) is 2.31. The van der Waals surface area contributed by atoms with Crippen LogP contribution in [0.5, 0.6) is 0 Å². The van der Waals surface area contributed by atoms with Crippen LogP contribution in [-0.4, -0.2) is 25.7 Å². The van der Waals surface area contributed by atoms with E-state index in [1.54, 1.807) is 10.9 Å². The minimum atomic E-state index is 0.0235. The normalized spacial score (nSPS) is 10.7. The smallest absolute Gasteiger partial charge is 0.224 e. The number of nitrogens with one attached hydrogen (secondary N) is 2. The van der Waals surface area contributed by atoms with E-state index in [4.69, 9.17) is 0 Å². The van der Waals surface area contributed by atoms with Crippen molar-refractivity contribution in [2.24, 2.45) is 5.92 Å². The third-order valence-corrected chi connectivity index (χ3v) is 3.43. The Morgan fingerprint density at radius 1 is 1.16 bits per heavy atom. The average Bonchev–Trinajstić information content (AvgIpc) is 3.11. The van der Waals surface area contributed by atoms with Gasteiger partial charge in [0.05, 0.1) is 0 Å². The van der Waals surface area contributed by atoms with Crippen molar-refractivity contribution in [1.29, 1.82) is 0 Å². The van der Waals surface area contributed by atoms with E-state index >= 15 is 0 Å². The number of aromatic nitrogens is 4. The number of benzene rings is 1. The Labute approximate surface area is 146 Å². The lowest BCUT2D eigenvalue weighted by molar-refractivity contribution is -0.116. The molecule has 0 unspecified atom stereocenters. The molecule has 0 saturated carbocycles. The molecular weight excluding hydrogens is 316 g/mol. The summed E-state index contributed by atoms with van der Waals surface area (Å²) in [5, 5.41) is 10.3. The first-order chi connectivity index (χ1) is 12.1. The minimum absolute atomic E-state index is 0.0235. The molecule has 25 heavy (non-hydrogen) atoms. The van der Waals surface area contributed by atoms with Gasteiger partial charge in [-0.05, 0) is 36.2 Å². The molecular formula is C18H20N6O. The highest BCUT2D eigenvalue weighted by Crippen LogP contribution is 2.19. The summed E-state index contributed by atoms with van der Waals surface area (Å²) in [5.41, 5.74) is 1.64. The first-order valence-corrected chi connectivity index (χ1v) is 8.09. The highest BCUT2D eigenvalue weighted by molar-refractivity contribution is 5.91. The summed E-state index contributed by atoms with van der Waals surface area (Å²) in [6, 6.07) is 11.1. The quantitative estimate of drug-likeness (QED) is 0.721. The van der Waals surface area contributed by atoms with E-state index in [9.17, 15) is 4.79 Å². The largest absolute Gasteiger partial charge is 0.340 e. The molecule has 0 saturated heterocycles. The Balaban J connectivity index is 1.66. The van der Waals surface area contributed by atoms with Gasteiger partial charge in [0.25, 0.3) is 0 Å². The zero-order valence-electron chi connectivity index (χ0n) is 14.2. The van der Waals surface area contributed by atoms with Crippen LogP contribution in [0.4, 0.5) is 17.2 Å². The van der Waals surface area contributed by atoms with Crippen LogP contribution < -0.4 is 10.6 Å². The summed E-state index contributed by atoms with van der Waals surface area (Å²) < 4.78 is 1.67. The van der Waals surface area contributed by atoms with E-state index in [-0.39, 0.29) is 5.91 Å². The van der Waals surface area contributed by atoms with Gasteiger partial charge in [0.2, 0.25) is 5.91 Å². The maximum Gasteiger partial charge on any atom is 0.224 e. The minimum Gasteiger partial charge on any atom is -0.340 e. The molecule has 0 aliphatic rings. The van der Waals surface area contributed by atoms with Crippen LogP contribution in [0.15, 0.2) is 55.1 Å². The van der Waals surface area contributed by atoms with Crippen molar-refractivity contribution >= 4 is 23.1 Å². The van der Waals surface area contributed by atoms with E-state index in [0.29, 0.717) is 24.0 Å². The number of carbonyl (C=O) groups excluding carboxylic acids is 1. The number of anilines is 3. The van der Waals surface area contributed by atoms with Crippen molar-refractivity contribution in [2.45, 2.75) is 20.3 Å². The number of nitrogens with zero attached hydrogens (tertiary/aromatic N) is 4. The molecule has 128 valence electrons. The van der Waals surface area contributed by atoms with Gasteiger partial charge in [0.1, 0.15) is 12.1 Å². The number of hydrogen-bond acceptors (Lipinski definition) is 5. The van der Waals surface area contributed by atoms with Crippen molar-refractivity contribution in [2.75, 3.05) is 10.6 Å². The molecule has 0 aliphatic carbocycles. The second kappa shape index (κ2) is 7.57. The van der Waals surface area contributed by atoms with E-state index in [1.165, 1.54) is 6.33 Å². The Bertz CT molecular complexity index is 827. The molecule has 7 heteroatoms. The van der Waals surface area contributed by atoms with Gasteiger partial charge < -0.3 is 10.6 Å². The lowest BCUT2D eigenvalue weighted by Crippen LogP contribution is -2.13. The molecule has 0 fully saturated rings. The van der Waals surface area contributed by atoms with Crippen molar-refractivity contribution in [3.05, 3.63) is 55.1 Å². The molecule has 2 aromatic heterocycles. The lowest BCUT2D eigenvalue weighted by Gasteiger charge is -2.09. The molecule has 0 bridgehead atoms. The van der Waals surface area contributed by atoms with E-state index in [0.717, 1.165) is 11.4 Å². The van der Waals surface area contributed by atoms with Gasteiger partial charge in [0, 0.05) is 36.3 Å². The topological polar surface area (TPSA) is 84.7 Å². The zero-order chi connectivity index (χ0) is 17.6. The van der Waals surface area contributed by atoms with Crippen LogP contribution in [0.2, 0.25) is 0 Å². The Kier molecular flexibility index (Phi) is 5.03. The number of rotatable bonds is 6. The summed E-state index contributed by atoms with van der Waals surface area (Å²) in [6.45, 7) is 4.04. The predicted molar refractivity (Wildman–Crippen MR) is 97.0 cm³/mol. The molecule has 0 atom stereocenters. The Morgan fingerprint density at radius 2 is 1.92 bits per heavy atom. The van der Waals surface area contributed by atoms with Crippen molar-refractivity contribution in [1.82, 2.24) is 19.7 Å². The molecule has 0 aliphatic heterocycles. The van der Waals surface area contributed by atoms with Gasteiger partial charge >= 0.3 is 0 Å².